The van der Waals surface area contributed by atoms with Gasteiger partial charge in [-0.15, -0.1) is 0 Å². The van der Waals surface area contributed by atoms with E-state index in [1.165, 1.54) is 6.20 Å². The van der Waals surface area contributed by atoms with Crippen molar-refractivity contribution in [2.45, 2.75) is 26.9 Å². The molecule has 2 rings (SSSR count). The van der Waals surface area contributed by atoms with Crippen molar-refractivity contribution in [3.63, 3.8) is 0 Å². The third-order valence-electron chi connectivity index (χ3n) is 2.99. The van der Waals surface area contributed by atoms with Gasteiger partial charge in [0.2, 0.25) is 0 Å². The first-order chi connectivity index (χ1) is 10.1. The van der Waals surface area contributed by atoms with Gasteiger partial charge < -0.3 is 10.1 Å². The number of rotatable bonds is 5. The summed E-state index contributed by atoms with van der Waals surface area (Å²) in [6, 6.07) is 7.79. The molecule has 0 fully saturated rings. The van der Waals surface area contributed by atoms with E-state index in [9.17, 15) is 4.79 Å². The Hall–Kier alpha value is -2.43. The summed E-state index contributed by atoms with van der Waals surface area (Å²) in [4.78, 5) is 20.0. The van der Waals surface area contributed by atoms with Gasteiger partial charge in [0.1, 0.15) is 17.5 Å². The monoisotopic (exact) mass is 285 g/mol. The van der Waals surface area contributed by atoms with Crippen molar-refractivity contribution in [1.29, 1.82) is 0 Å². The fourth-order valence-electron chi connectivity index (χ4n) is 1.78. The minimum atomic E-state index is -0.247. The van der Waals surface area contributed by atoms with Crippen LogP contribution in [0.4, 0.5) is 0 Å². The van der Waals surface area contributed by atoms with E-state index < -0.39 is 0 Å². The Kier molecular flexibility index (Phi) is 4.87. The summed E-state index contributed by atoms with van der Waals surface area (Å²) in [5.41, 5.74) is 2.16. The second-order valence-electron chi connectivity index (χ2n) is 4.95. The lowest BCUT2D eigenvalue weighted by Gasteiger charge is -2.16. The van der Waals surface area contributed by atoms with Gasteiger partial charge in [0.15, 0.2) is 0 Å². The molecule has 0 unspecified atom stereocenters. The zero-order valence-corrected chi connectivity index (χ0v) is 12.5. The van der Waals surface area contributed by atoms with Crippen LogP contribution >= 0.6 is 0 Å². The molecule has 1 aromatic heterocycles. The molecule has 0 radical (unpaired) electrons. The Balaban J connectivity index is 1.86. The van der Waals surface area contributed by atoms with E-state index in [1.807, 2.05) is 45.0 Å². The number of para-hydroxylation sites is 1. The number of benzene rings is 1. The molecular weight excluding hydrogens is 266 g/mol. The van der Waals surface area contributed by atoms with Crippen molar-refractivity contribution < 1.29 is 9.53 Å². The first-order valence-electron chi connectivity index (χ1n) is 6.85. The van der Waals surface area contributed by atoms with Crippen molar-refractivity contribution in [2.24, 2.45) is 0 Å². The smallest absolute Gasteiger partial charge is 0.271 e. The number of nitrogens with zero attached hydrogens (tertiary/aromatic N) is 2. The highest BCUT2D eigenvalue weighted by atomic mass is 16.5. The Bertz CT molecular complexity index is 611. The number of aryl methyl sites for hydroxylation is 2. The molecule has 1 aromatic carbocycles. The van der Waals surface area contributed by atoms with Gasteiger partial charge in [-0.3, -0.25) is 9.78 Å². The van der Waals surface area contributed by atoms with Crippen molar-refractivity contribution >= 4 is 5.91 Å². The number of ether oxygens (including phenoxy) is 1. The molecule has 1 atom stereocenters. The zero-order chi connectivity index (χ0) is 15.2. The maximum atomic E-state index is 11.9. The van der Waals surface area contributed by atoms with Crippen molar-refractivity contribution in [2.75, 3.05) is 6.54 Å². The van der Waals surface area contributed by atoms with Gasteiger partial charge in [0.05, 0.1) is 18.4 Å². The number of amides is 1. The van der Waals surface area contributed by atoms with E-state index in [1.54, 1.807) is 6.20 Å². The minimum Gasteiger partial charge on any atom is -0.489 e. The number of nitrogens with one attached hydrogen (secondary N) is 1. The molecule has 0 saturated carbocycles. The van der Waals surface area contributed by atoms with Crippen LogP contribution in [0.3, 0.4) is 0 Å². The molecule has 0 aliphatic rings. The Morgan fingerprint density at radius 1 is 1.24 bits per heavy atom. The third kappa shape index (κ3) is 4.27. The van der Waals surface area contributed by atoms with Crippen LogP contribution < -0.4 is 10.1 Å². The third-order valence-corrected chi connectivity index (χ3v) is 2.99. The van der Waals surface area contributed by atoms with Gasteiger partial charge in [0, 0.05) is 6.20 Å². The van der Waals surface area contributed by atoms with Gasteiger partial charge >= 0.3 is 0 Å². The van der Waals surface area contributed by atoms with E-state index in [-0.39, 0.29) is 12.0 Å². The fourth-order valence-corrected chi connectivity index (χ4v) is 1.78. The number of hydrogen-bond donors (Lipinski definition) is 1. The van der Waals surface area contributed by atoms with Crippen molar-refractivity contribution in [3.8, 4) is 5.75 Å². The second kappa shape index (κ2) is 6.83. The van der Waals surface area contributed by atoms with Crippen LogP contribution in [0, 0.1) is 13.8 Å². The van der Waals surface area contributed by atoms with Crippen molar-refractivity contribution in [1.82, 2.24) is 15.3 Å². The van der Waals surface area contributed by atoms with Gasteiger partial charge in [-0.2, -0.15) is 0 Å². The van der Waals surface area contributed by atoms with Crippen LogP contribution in [-0.4, -0.2) is 28.5 Å². The standard InChI is InChI=1S/C16H19N3O2/c1-11-6-4-5-7-15(11)21-13(3)9-19-16(20)14-10-17-12(2)8-18-14/h4-8,10,13H,9H2,1-3H3,(H,19,20)/t13-/m0/s1. The van der Waals surface area contributed by atoms with Crippen LogP contribution in [0.1, 0.15) is 28.7 Å². The molecule has 1 N–H and O–H groups in total. The lowest BCUT2D eigenvalue weighted by atomic mass is 10.2. The maximum absolute atomic E-state index is 11.9. The summed E-state index contributed by atoms with van der Waals surface area (Å²) < 4.78 is 5.80. The average molecular weight is 285 g/mol. The van der Waals surface area contributed by atoms with Crippen LogP contribution in [0.5, 0.6) is 5.75 Å². The lowest BCUT2D eigenvalue weighted by molar-refractivity contribution is 0.0926. The quantitative estimate of drug-likeness (QED) is 0.915. The average Bonchev–Trinajstić information content (AvgIpc) is 2.48. The zero-order valence-electron chi connectivity index (χ0n) is 12.5. The fraction of sp³-hybridized carbons (Fsp3) is 0.312. The molecule has 0 aliphatic heterocycles. The predicted molar refractivity (Wildman–Crippen MR) is 80.4 cm³/mol. The Morgan fingerprint density at radius 3 is 2.67 bits per heavy atom. The van der Waals surface area contributed by atoms with E-state index in [0.29, 0.717) is 12.2 Å². The normalized spacial score (nSPS) is 11.8. The summed E-state index contributed by atoms with van der Waals surface area (Å²) in [7, 11) is 0. The summed E-state index contributed by atoms with van der Waals surface area (Å²) in [5, 5.41) is 2.79. The number of carbonyl (C=O) groups excluding carboxylic acids is 1. The molecular formula is C16H19N3O2. The van der Waals surface area contributed by atoms with Crippen LogP contribution in [0.25, 0.3) is 0 Å². The maximum Gasteiger partial charge on any atom is 0.271 e. The van der Waals surface area contributed by atoms with E-state index in [2.05, 4.69) is 15.3 Å². The first-order valence-corrected chi connectivity index (χ1v) is 6.85. The van der Waals surface area contributed by atoms with Gasteiger partial charge in [-0.1, -0.05) is 18.2 Å². The summed E-state index contributed by atoms with van der Waals surface area (Å²) >= 11 is 0. The molecule has 1 heterocycles. The second-order valence-corrected chi connectivity index (χ2v) is 4.95. The largest absolute Gasteiger partial charge is 0.489 e. The SMILES string of the molecule is Cc1cnc(C(=O)NC[C@H](C)Oc2ccccc2C)cn1. The summed E-state index contributed by atoms with van der Waals surface area (Å²) in [6.07, 6.45) is 2.91. The van der Waals surface area contributed by atoms with Gasteiger partial charge in [0.25, 0.3) is 5.91 Å². The molecule has 21 heavy (non-hydrogen) atoms. The first kappa shape index (κ1) is 15.0. The van der Waals surface area contributed by atoms with E-state index >= 15 is 0 Å². The molecule has 2 aromatic rings. The molecule has 0 bridgehead atoms. The predicted octanol–water partition coefficient (Wildman–Crippen LogP) is 2.29. The van der Waals surface area contributed by atoms with E-state index in [4.69, 9.17) is 4.74 Å². The van der Waals surface area contributed by atoms with Gasteiger partial charge in [-0.25, -0.2) is 4.98 Å². The Labute approximate surface area is 124 Å². The number of carbonyl (C=O) groups is 1. The topological polar surface area (TPSA) is 64.1 Å². The highest BCUT2D eigenvalue weighted by Crippen LogP contribution is 2.17. The van der Waals surface area contributed by atoms with Crippen molar-refractivity contribution in [3.05, 3.63) is 53.6 Å². The minimum absolute atomic E-state index is 0.131. The summed E-state index contributed by atoms with van der Waals surface area (Å²) in [5.74, 6) is 0.581. The number of hydrogen-bond acceptors (Lipinski definition) is 4. The molecule has 5 heteroatoms. The van der Waals surface area contributed by atoms with Crippen LogP contribution in [0.2, 0.25) is 0 Å². The van der Waals surface area contributed by atoms with E-state index in [0.717, 1.165) is 17.0 Å². The Morgan fingerprint density at radius 2 is 2.00 bits per heavy atom. The lowest BCUT2D eigenvalue weighted by Crippen LogP contribution is -2.34. The van der Waals surface area contributed by atoms with Crippen LogP contribution in [0.15, 0.2) is 36.7 Å². The van der Waals surface area contributed by atoms with Gasteiger partial charge in [-0.05, 0) is 32.4 Å². The highest BCUT2D eigenvalue weighted by Gasteiger charge is 2.11. The molecule has 0 aliphatic carbocycles. The summed E-state index contributed by atoms with van der Waals surface area (Å²) in [6.45, 7) is 6.13. The molecule has 1 amide bonds. The molecule has 0 saturated heterocycles. The number of aromatic nitrogens is 2. The molecule has 5 nitrogen and oxygen atoms in total. The molecule has 0 spiro atoms. The highest BCUT2D eigenvalue weighted by molar-refractivity contribution is 5.91. The van der Waals surface area contributed by atoms with Crippen LogP contribution in [-0.2, 0) is 0 Å². The molecule has 110 valence electrons.